The lowest BCUT2D eigenvalue weighted by Gasteiger charge is -2.22. The van der Waals surface area contributed by atoms with Crippen LogP contribution in [-0.4, -0.2) is 36.9 Å². The van der Waals surface area contributed by atoms with Gasteiger partial charge in [-0.1, -0.05) is 30.3 Å². The van der Waals surface area contributed by atoms with Gasteiger partial charge >= 0.3 is 0 Å². The summed E-state index contributed by atoms with van der Waals surface area (Å²) in [5.41, 5.74) is 0.736. The lowest BCUT2D eigenvalue weighted by Crippen LogP contribution is -2.40. The number of carbonyl (C=O) groups is 2. The molecule has 0 aliphatic heterocycles. The molecule has 0 fully saturated rings. The van der Waals surface area contributed by atoms with Gasteiger partial charge in [-0.2, -0.15) is 0 Å². The van der Waals surface area contributed by atoms with Crippen molar-refractivity contribution in [3.63, 3.8) is 0 Å². The minimum atomic E-state index is -0.754. The molecule has 4 nitrogen and oxygen atoms in total. The number of hydrogen-bond donors (Lipinski definition) is 1. The third kappa shape index (κ3) is 3.74. The van der Waals surface area contributed by atoms with Gasteiger partial charge in [0, 0.05) is 13.6 Å². The first kappa shape index (κ1) is 14.5. The zero-order valence-corrected chi connectivity index (χ0v) is 11.3. The summed E-state index contributed by atoms with van der Waals surface area (Å²) in [6, 6.07) is 9.10. The summed E-state index contributed by atoms with van der Waals surface area (Å²) in [7, 11) is 1.54. The van der Waals surface area contributed by atoms with E-state index in [9.17, 15) is 9.59 Å². The molecule has 1 aromatic carbocycles. The highest BCUT2D eigenvalue weighted by molar-refractivity contribution is 6.30. The molecule has 1 N–H and O–H groups in total. The topological polar surface area (TPSA) is 49.4 Å². The molecule has 1 aromatic rings. The summed E-state index contributed by atoms with van der Waals surface area (Å²) in [6.45, 7) is 2.29. The van der Waals surface area contributed by atoms with Gasteiger partial charge in [0.05, 0.1) is 6.54 Å². The molecule has 0 aliphatic carbocycles. The summed E-state index contributed by atoms with van der Waals surface area (Å²) < 4.78 is 0. The van der Waals surface area contributed by atoms with Crippen LogP contribution in [0.2, 0.25) is 0 Å². The van der Waals surface area contributed by atoms with Gasteiger partial charge in [0.15, 0.2) is 0 Å². The van der Waals surface area contributed by atoms with Crippen molar-refractivity contribution in [1.29, 1.82) is 0 Å². The third-order valence-corrected chi connectivity index (χ3v) is 3.05. The van der Waals surface area contributed by atoms with E-state index in [0.29, 0.717) is 6.54 Å². The van der Waals surface area contributed by atoms with Crippen LogP contribution in [0.4, 0.5) is 0 Å². The SMILES string of the molecule is CCN(CC(=O)NC)C(=O)C(Cl)c1ccccc1. The highest BCUT2D eigenvalue weighted by atomic mass is 35.5. The van der Waals surface area contributed by atoms with E-state index in [-0.39, 0.29) is 18.4 Å². The smallest absolute Gasteiger partial charge is 0.245 e. The van der Waals surface area contributed by atoms with E-state index in [4.69, 9.17) is 11.6 Å². The van der Waals surface area contributed by atoms with E-state index in [1.807, 2.05) is 25.1 Å². The highest BCUT2D eigenvalue weighted by Gasteiger charge is 2.23. The van der Waals surface area contributed by atoms with Crippen molar-refractivity contribution in [2.45, 2.75) is 12.3 Å². The third-order valence-electron chi connectivity index (χ3n) is 2.62. The Bertz CT molecular complexity index is 409. The number of nitrogens with one attached hydrogen (secondary N) is 1. The molecule has 5 heteroatoms. The Morgan fingerprint density at radius 3 is 2.44 bits per heavy atom. The summed E-state index contributed by atoms with van der Waals surface area (Å²) in [5, 5.41) is 1.73. The number of likely N-dealkylation sites (N-methyl/N-ethyl adjacent to an activating group) is 2. The van der Waals surface area contributed by atoms with E-state index in [0.717, 1.165) is 5.56 Å². The fraction of sp³-hybridized carbons (Fsp3) is 0.385. The first-order chi connectivity index (χ1) is 8.60. The number of carbonyl (C=O) groups excluding carboxylic acids is 2. The summed E-state index contributed by atoms with van der Waals surface area (Å²) in [5.74, 6) is -0.462. The lowest BCUT2D eigenvalue weighted by atomic mass is 10.1. The van der Waals surface area contributed by atoms with Crippen LogP contribution in [0.25, 0.3) is 0 Å². The molecular formula is C13H17ClN2O2. The first-order valence-corrected chi connectivity index (χ1v) is 6.22. The second-order valence-corrected chi connectivity index (χ2v) is 4.24. The van der Waals surface area contributed by atoms with Crippen LogP contribution in [-0.2, 0) is 9.59 Å². The zero-order valence-electron chi connectivity index (χ0n) is 10.5. The van der Waals surface area contributed by atoms with Gasteiger partial charge in [0.1, 0.15) is 5.38 Å². The molecule has 0 saturated carbocycles. The number of halogens is 1. The van der Waals surface area contributed by atoms with E-state index < -0.39 is 5.38 Å². The Hall–Kier alpha value is -1.55. The van der Waals surface area contributed by atoms with Gasteiger partial charge in [0.25, 0.3) is 0 Å². The fourth-order valence-electron chi connectivity index (χ4n) is 1.52. The molecule has 1 unspecified atom stereocenters. The maximum atomic E-state index is 12.1. The average molecular weight is 269 g/mol. The number of hydrogen-bond acceptors (Lipinski definition) is 2. The van der Waals surface area contributed by atoms with Crippen molar-refractivity contribution < 1.29 is 9.59 Å². The Kier molecular flexibility index (Phi) is 5.65. The molecule has 0 saturated heterocycles. The molecular weight excluding hydrogens is 252 g/mol. The molecule has 1 atom stereocenters. The van der Waals surface area contributed by atoms with Crippen LogP contribution in [0.1, 0.15) is 17.9 Å². The average Bonchev–Trinajstić information content (AvgIpc) is 2.43. The second kappa shape index (κ2) is 7.01. The monoisotopic (exact) mass is 268 g/mol. The van der Waals surface area contributed by atoms with Crippen LogP contribution in [0.15, 0.2) is 30.3 Å². The highest BCUT2D eigenvalue weighted by Crippen LogP contribution is 2.22. The molecule has 0 aliphatic rings. The minimum absolute atomic E-state index is 0.0296. The maximum Gasteiger partial charge on any atom is 0.245 e. The molecule has 98 valence electrons. The van der Waals surface area contributed by atoms with E-state index >= 15 is 0 Å². The summed E-state index contributed by atoms with van der Waals surface area (Å²) in [6.07, 6.45) is 0. The Morgan fingerprint density at radius 2 is 1.94 bits per heavy atom. The van der Waals surface area contributed by atoms with E-state index in [2.05, 4.69) is 5.32 Å². The van der Waals surface area contributed by atoms with E-state index in [1.54, 1.807) is 12.1 Å². The van der Waals surface area contributed by atoms with Gasteiger partial charge in [-0.05, 0) is 12.5 Å². The molecule has 0 spiro atoms. The van der Waals surface area contributed by atoms with Crippen molar-refractivity contribution >= 4 is 23.4 Å². The fourth-order valence-corrected chi connectivity index (χ4v) is 1.81. The van der Waals surface area contributed by atoms with E-state index in [1.165, 1.54) is 11.9 Å². The number of amides is 2. The molecule has 2 amide bonds. The number of alkyl halides is 1. The predicted molar refractivity (Wildman–Crippen MR) is 71.4 cm³/mol. The van der Waals surface area contributed by atoms with Crippen molar-refractivity contribution in [1.82, 2.24) is 10.2 Å². The van der Waals surface area contributed by atoms with Gasteiger partial charge < -0.3 is 10.2 Å². The van der Waals surface area contributed by atoms with Gasteiger partial charge in [-0.3, -0.25) is 9.59 Å². The largest absolute Gasteiger partial charge is 0.358 e. The summed E-state index contributed by atoms with van der Waals surface area (Å²) in [4.78, 5) is 24.9. The second-order valence-electron chi connectivity index (χ2n) is 3.80. The first-order valence-electron chi connectivity index (χ1n) is 5.78. The molecule has 0 aromatic heterocycles. The van der Waals surface area contributed by atoms with Crippen molar-refractivity contribution in [2.24, 2.45) is 0 Å². The van der Waals surface area contributed by atoms with Crippen molar-refractivity contribution in [2.75, 3.05) is 20.1 Å². The number of nitrogens with zero attached hydrogens (tertiary/aromatic N) is 1. The van der Waals surface area contributed by atoms with Gasteiger partial charge in [0.2, 0.25) is 11.8 Å². The quantitative estimate of drug-likeness (QED) is 0.824. The zero-order chi connectivity index (χ0) is 13.5. The maximum absolute atomic E-state index is 12.1. The van der Waals surface area contributed by atoms with Crippen LogP contribution >= 0.6 is 11.6 Å². The van der Waals surface area contributed by atoms with Crippen molar-refractivity contribution in [3.8, 4) is 0 Å². The van der Waals surface area contributed by atoms with Crippen LogP contribution in [0, 0.1) is 0 Å². The van der Waals surface area contributed by atoms with Crippen LogP contribution < -0.4 is 5.32 Å². The molecule has 0 radical (unpaired) electrons. The normalized spacial score (nSPS) is 11.7. The van der Waals surface area contributed by atoms with Gasteiger partial charge in [-0.15, -0.1) is 11.6 Å². The van der Waals surface area contributed by atoms with Gasteiger partial charge in [-0.25, -0.2) is 0 Å². The molecule has 18 heavy (non-hydrogen) atoms. The Morgan fingerprint density at radius 1 is 1.33 bits per heavy atom. The predicted octanol–water partition coefficient (Wildman–Crippen LogP) is 1.56. The lowest BCUT2D eigenvalue weighted by molar-refractivity contribution is -0.135. The minimum Gasteiger partial charge on any atom is -0.358 e. The molecule has 1 rings (SSSR count). The Balaban J connectivity index is 2.75. The standard InChI is InChI=1S/C13H17ClN2O2/c1-3-16(9-11(17)15-2)13(18)12(14)10-7-5-4-6-8-10/h4-8,12H,3,9H2,1-2H3,(H,15,17). The Labute approximate surface area is 112 Å². The van der Waals surface area contributed by atoms with Crippen LogP contribution in [0.5, 0.6) is 0 Å². The van der Waals surface area contributed by atoms with Crippen molar-refractivity contribution in [3.05, 3.63) is 35.9 Å². The number of rotatable bonds is 5. The summed E-state index contributed by atoms with van der Waals surface area (Å²) >= 11 is 6.13. The number of benzene rings is 1. The molecule has 0 bridgehead atoms. The van der Waals surface area contributed by atoms with Crippen LogP contribution in [0.3, 0.4) is 0 Å². The molecule has 0 heterocycles.